The van der Waals surface area contributed by atoms with Crippen LogP contribution < -0.4 is 0 Å². The largest absolute Gasteiger partial charge is 0.337 e. The average molecular weight is 136 g/mol. The van der Waals surface area contributed by atoms with E-state index in [2.05, 4.69) is 16.5 Å². The minimum absolute atomic E-state index is 0.925. The highest BCUT2D eigenvalue weighted by molar-refractivity contribution is 4.85. The number of rotatable bonds is 2. The van der Waals surface area contributed by atoms with E-state index in [1.807, 2.05) is 18.7 Å². The first-order valence-corrected chi connectivity index (χ1v) is 3.82. The van der Waals surface area contributed by atoms with E-state index in [1.165, 1.54) is 13.0 Å². The standard InChI is InChI=1S/C8H12N2/c1-7-4-8(7)5-10-3-2-9-6-10/h2-3,6-8H,4-5H2,1H3. The van der Waals surface area contributed by atoms with Crippen LogP contribution in [-0.2, 0) is 6.54 Å². The Hall–Kier alpha value is -0.790. The zero-order valence-corrected chi connectivity index (χ0v) is 6.20. The maximum Gasteiger partial charge on any atom is 0.0945 e. The maximum absolute atomic E-state index is 3.99. The Morgan fingerprint density at radius 2 is 2.50 bits per heavy atom. The van der Waals surface area contributed by atoms with E-state index in [0.717, 1.165) is 11.8 Å². The summed E-state index contributed by atoms with van der Waals surface area (Å²) in [5.74, 6) is 1.87. The second-order valence-electron chi connectivity index (χ2n) is 3.23. The van der Waals surface area contributed by atoms with E-state index in [9.17, 15) is 0 Å². The van der Waals surface area contributed by atoms with Gasteiger partial charge in [0.2, 0.25) is 0 Å². The van der Waals surface area contributed by atoms with E-state index in [-0.39, 0.29) is 0 Å². The van der Waals surface area contributed by atoms with Crippen molar-refractivity contribution in [2.45, 2.75) is 19.9 Å². The van der Waals surface area contributed by atoms with Crippen molar-refractivity contribution < 1.29 is 0 Å². The van der Waals surface area contributed by atoms with Crippen molar-refractivity contribution in [2.24, 2.45) is 11.8 Å². The molecule has 2 heteroatoms. The number of hydrogen-bond donors (Lipinski definition) is 0. The highest BCUT2D eigenvalue weighted by Gasteiger charge is 2.32. The second-order valence-corrected chi connectivity index (χ2v) is 3.23. The molecule has 0 bridgehead atoms. The maximum atomic E-state index is 3.99. The first kappa shape index (κ1) is 5.96. The third-order valence-electron chi connectivity index (χ3n) is 2.28. The molecule has 2 nitrogen and oxygen atoms in total. The van der Waals surface area contributed by atoms with E-state index in [1.54, 1.807) is 0 Å². The van der Waals surface area contributed by atoms with E-state index in [4.69, 9.17) is 0 Å². The van der Waals surface area contributed by atoms with Crippen molar-refractivity contribution in [3.05, 3.63) is 18.7 Å². The van der Waals surface area contributed by atoms with E-state index in [0.29, 0.717) is 0 Å². The van der Waals surface area contributed by atoms with E-state index < -0.39 is 0 Å². The molecule has 0 radical (unpaired) electrons. The summed E-state index contributed by atoms with van der Waals surface area (Å²) >= 11 is 0. The summed E-state index contributed by atoms with van der Waals surface area (Å²) in [5, 5.41) is 0. The van der Waals surface area contributed by atoms with Crippen LogP contribution in [0.3, 0.4) is 0 Å². The van der Waals surface area contributed by atoms with Crippen LogP contribution in [-0.4, -0.2) is 9.55 Å². The summed E-state index contributed by atoms with van der Waals surface area (Å²) in [4.78, 5) is 3.99. The predicted octanol–water partition coefficient (Wildman–Crippen LogP) is 1.54. The zero-order valence-electron chi connectivity index (χ0n) is 6.20. The average Bonchev–Trinajstić information content (AvgIpc) is 2.48. The molecule has 54 valence electrons. The summed E-state index contributed by atoms with van der Waals surface area (Å²) in [7, 11) is 0. The predicted molar refractivity (Wildman–Crippen MR) is 39.5 cm³/mol. The van der Waals surface area contributed by atoms with Gasteiger partial charge in [0.1, 0.15) is 0 Å². The van der Waals surface area contributed by atoms with Crippen molar-refractivity contribution in [3.8, 4) is 0 Å². The van der Waals surface area contributed by atoms with Crippen molar-refractivity contribution in [1.29, 1.82) is 0 Å². The molecule has 0 aliphatic heterocycles. The molecule has 1 heterocycles. The number of nitrogens with zero attached hydrogens (tertiary/aromatic N) is 2. The Balaban J connectivity index is 1.93. The molecule has 1 aliphatic carbocycles. The van der Waals surface area contributed by atoms with Crippen LogP contribution in [0.1, 0.15) is 13.3 Å². The fraction of sp³-hybridized carbons (Fsp3) is 0.625. The topological polar surface area (TPSA) is 17.8 Å². The molecule has 2 rings (SSSR count). The molecule has 0 spiro atoms. The molecule has 1 aromatic rings. The van der Waals surface area contributed by atoms with E-state index >= 15 is 0 Å². The van der Waals surface area contributed by atoms with Gasteiger partial charge in [-0.05, 0) is 18.3 Å². The first-order chi connectivity index (χ1) is 4.86. The lowest BCUT2D eigenvalue weighted by atomic mass is 10.3. The zero-order chi connectivity index (χ0) is 6.97. The SMILES string of the molecule is CC1CC1Cn1ccnc1. The molecule has 2 unspecified atom stereocenters. The molecule has 0 saturated heterocycles. The second kappa shape index (κ2) is 2.11. The van der Waals surface area contributed by atoms with Crippen LogP contribution in [0, 0.1) is 11.8 Å². The van der Waals surface area contributed by atoms with Crippen LogP contribution in [0.25, 0.3) is 0 Å². The lowest BCUT2D eigenvalue weighted by molar-refractivity contribution is 0.593. The Morgan fingerprint density at radius 3 is 3.00 bits per heavy atom. The monoisotopic (exact) mass is 136 g/mol. The first-order valence-electron chi connectivity index (χ1n) is 3.82. The Morgan fingerprint density at radius 1 is 1.70 bits per heavy atom. The lowest BCUT2D eigenvalue weighted by Crippen LogP contribution is -1.96. The molecule has 2 atom stereocenters. The van der Waals surface area contributed by atoms with Gasteiger partial charge in [-0.2, -0.15) is 0 Å². The quantitative estimate of drug-likeness (QED) is 0.603. The molecule has 0 aromatic carbocycles. The minimum atomic E-state index is 0.925. The van der Waals surface area contributed by atoms with Gasteiger partial charge in [-0.15, -0.1) is 0 Å². The highest BCUT2D eigenvalue weighted by atomic mass is 15.0. The summed E-state index contributed by atoms with van der Waals surface area (Å²) in [6.45, 7) is 3.47. The smallest absolute Gasteiger partial charge is 0.0945 e. The van der Waals surface area contributed by atoms with Gasteiger partial charge in [-0.25, -0.2) is 4.98 Å². The fourth-order valence-electron chi connectivity index (χ4n) is 1.32. The number of hydrogen-bond acceptors (Lipinski definition) is 1. The van der Waals surface area contributed by atoms with Crippen molar-refractivity contribution in [3.63, 3.8) is 0 Å². The molecule has 1 saturated carbocycles. The minimum Gasteiger partial charge on any atom is -0.337 e. The molecule has 1 aliphatic rings. The molecule has 1 fully saturated rings. The molecule has 10 heavy (non-hydrogen) atoms. The third-order valence-corrected chi connectivity index (χ3v) is 2.28. The highest BCUT2D eigenvalue weighted by Crippen LogP contribution is 2.38. The molecule has 0 N–H and O–H groups in total. The van der Waals surface area contributed by atoms with Gasteiger partial charge in [-0.3, -0.25) is 0 Å². The van der Waals surface area contributed by atoms with Gasteiger partial charge in [0, 0.05) is 18.9 Å². The van der Waals surface area contributed by atoms with Crippen molar-refractivity contribution in [1.82, 2.24) is 9.55 Å². The van der Waals surface area contributed by atoms with Gasteiger partial charge >= 0.3 is 0 Å². The van der Waals surface area contributed by atoms with Gasteiger partial charge in [0.25, 0.3) is 0 Å². The molecule has 0 amide bonds. The fourth-order valence-corrected chi connectivity index (χ4v) is 1.32. The normalized spacial score (nSPS) is 30.5. The Labute approximate surface area is 60.9 Å². The third kappa shape index (κ3) is 1.06. The summed E-state index contributed by atoms with van der Waals surface area (Å²) in [6.07, 6.45) is 7.17. The summed E-state index contributed by atoms with van der Waals surface area (Å²) in [6, 6.07) is 0. The van der Waals surface area contributed by atoms with Gasteiger partial charge in [-0.1, -0.05) is 6.92 Å². The van der Waals surface area contributed by atoms with Crippen molar-refractivity contribution in [2.75, 3.05) is 0 Å². The van der Waals surface area contributed by atoms with Crippen LogP contribution in [0.15, 0.2) is 18.7 Å². The lowest BCUT2D eigenvalue weighted by Gasteiger charge is -1.97. The number of aromatic nitrogens is 2. The number of imidazole rings is 1. The van der Waals surface area contributed by atoms with Gasteiger partial charge in [0.15, 0.2) is 0 Å². The van der Waals surface area contributed by atoms with Crippen LogP contribution in [0.4, 0.5) is 0 Å². The summed E-state index contributed by atoms with van der Waals surface area (Å²) in [5.41, 5.74) is 0. The Kier molecular flexibility index (Phi) is 1.26. The van der Waals surface area contributed by atoms with Crippen LogP contribution >= 0.6 is 0 Å². The van der Waals surface area contributed by atoms with Crippen LogP contribution in [0.2, 0.25) is 0 Å². The summed E-state index contributed by atoms with van der Waals surface area (Å²) < 4.78 is 2.16. The van der Waals surface area contributed by atoms with Crippen LogP contribution in [0.5, 0.6) is 0 Å². The molecule has 1 aromatic heterocycles. The Bertz CT molecular complexity index is 203. The van der Waals surface area contributed by atoms with Gasteiger partial charge in [0.05, 0.1) is 6.33 Å². The molecular weight excluding hydrogens is 124 g/mol. The van der Waals surface area contributed by atoms with Gasteiger partial charge < -0.3 is 4.57 Å². The van der Waals surface area contributed by atoms with Crippen molar-refractivity contribution >= 4 is 0 Å². The molecular formula is C8H12N2.